The highest BCUT2D eigenvalue weighted by Crippen LogP contribution is 2.21. The smallest absolute Gasteiger partial charge is 0.0166 e. The van der Waals surface area contributed by atoms with Crippen LogP contribution in [0.25, 0.3) is 0 Å². The fourth-order valence-electron chi connectivity index (χ4n) is 2.03. The van der Waals surface area contributed by atoms with Crippen LogP contribution in [0.3, 0.4) is 0 Å². The summed E-state index contributed by atoms with van der Waals surface area (Å²) in [6, 6.07) is 0.902. The van der Waals surface area contributed by atoms with Gasteiger partial charge in [-0.1, -0.05) is 18.6 Å². The van der Waals surface area contributed by atoms with E-state index in [-0.39, 0.29) is 0 Å². The summed E-state index contributed by atoms with van der Waals surface area (Å²) in [7, 11) is 0. The molecule has 1 heteroatoms. The van der Waals surface area contributed by atoms with Crippen molar-refractivity contribution in [1.82, 2.24) is 4.90 Å². The summed E-state index contributed by atoms with van der Waals surface area (Å²) >= 11 is 0. The highest BCUT2D eigenvalue weighted by Gasteiger charge is 2.21. The Labute approximate surface area is 62.7 Å². The molecule has 2 heterocycles. The first kappa shape index (κ1) is 6.41. The second-order valence-corrected chi connectivity index (χ2v) is 3.35. The lowest BCUT2D eigenvalue weighted by Gasteiger charge is -2.36. The molecule has 0 amide bonds. The van der Waals surface area contributed by atoms with E-state index >= 15 is 0 Å². The van der Waals surface area contributed by atoms with E-state index in [0.29, 0.717) is 0 Å². The second kappa shape index (κ2) is 2.75. The number of rotatable bonds is 0. The standard InChI is InChI=1S/C9H15N/c1-3-7-10-8-4-2-6-9(10)5-1/h1,3,9H,2,4-8H2/t9-/m1/s1. The van der Waals surface area contributed by atoms with Crippen molar-refractivity contribution in [2.75, 3.05) is 13.1 Å². The summed E-state index contributed by atoms with van der Waals surface area (Å²) in [5.41, 5.74) is 0. The molecule has 0 bridgehead atoms. The van der Waals surface area contributed by atoms with Crippen molar-refractivity contribution in [3.63, 3.8) is 0 Å². The molecular weight excluding hydrogens is 122 g/mol. The van der Waals surface area contributed by atoms with E-state index in [1.807, 2.05) is 0 Å². The topological polar surface area (TPSA) is 3.24 Å². The SMILES string of the molecule is C1=CCN2CCCC[C@H]2C1. The molecule has 0 aromatic heterocycles. The molecule has 0 aromatic rings. The zero-order chi connectivity index (χ0) is 6.81. The third kappa shape index (κ3) is 1.10. The first-order valence-electron chi connectivity index (χ1n) is 4.36. The predicted molar refractivity (Wildman–Crippen MR) is 43.0 cm³/mol. The number of hydrogen-bond donors (Lipinski definition) is 0. The molecule has 0 saturated carbocycles. The lowest BCUT2D eigenvalue weighted by molar-refractivity contribution is 0.158. The molecule has 1 fully saturated rings. The summed E-state index contributed by atoms with van der Waals surface area (Å²) < 4.78 is 0. The lowest BCUT2D eigenvalue weighted by atomic mass is 9.97. The molecule has 0 N–H and O–H groups in total. The predicted octanol–water partition coefficient (Wildman–Crippen LogP) is 1.80. The highest BCUT2D eigenvalue weighted by molar-refractivity contribution is 4.97. The van der Waals surface area contributed by atoms with Gasteiger partial charge in [0.1, 0.15) is 0 Å². The number of nitrogens with zero attached hydrogens (tertiary/aromatic N) is 1. The zero-order valence-corrected chi connectivity index (χ0v) is 6.42. The van der Waals surface area contributed by atoms with E-state index in [1.165, 1.54) is 38.8 Å². The minimum atomic E-state index is 0.902. The van der Waals surface area contributed by atoms with Gasteiger partial charge in [0.15, 0.2) is 0 Å². The molecule has 0 aliphatic carbocycles. The third-order valence-electron chi connectivity index (χ3n) is 2.66. The van der Waals surface area contributed by atoms with E-state index in [4.69, 9.17) is 0 Å². The van der Waals surface area contributed by atoms with Gasteiger partial charge in [0.05, 0.1) is 0 Å². The van der Waals surface area contributed by atoms with Gasteiger partial charge in [0, 0.05) is 12.6 Å². The van der Waals surface area contributed by atoms with Crippen LogP contribution < -0.4 is 0 Å². The average molecular weight is 137 g/mol. The van der Waals surface area contributed by atoms with Gasteiger partial charge in [-0.2, -0.15) is 0 Å². The fourth-order valence-corrected chi connectivity index (χ4v) is 2.03. The monoisotopic (exact) mass is 137 g/mol. The van der Waals surface area contributed by atoms with E-state index in [0.717, 1.165) is 6.04 Å². The zero-order valence-electron chi connectivity index (χ0n) is 6.42. The van der Waals surface area contributed by atoms with Gasteiger partial charge in [-0.15, -0.1) is 0 Å². The molecule has 2 rings (SSSR count). The molecule has 2 aliphatic rings. The molecule has 0 spiro atoms. The Morgan fingerprint density at radius 2 is 2.20 bits per heavy atom. The van der Waals surface area contributed by atoms with E-state index in [2.05, 4.69) is 17.1 Å². The summed E-state index contributed by atoms with van der Waals surface area (Å²) in [6.45, 7) is 2.56. The summed E-state index contributed by atoms with van der Waals surface area (Å²) in [5, 5.41) is 0. The molecule has 0 aromatic carbocycles. The molecular formula is C9H15N. The summed E-state index contributed by atoms with van der Waals surface area (Å²) in [5.74, 6) is 0. The van der Waals surface area contributed by atoms with E-state index in [9.17, 15) is 0 Å². The normalized spacial score (nSPS) is 33.8. The van der Waals surface area contributed by atoms with E-state index < -0.39 is 0 Å². The fraction of sp³-hybridized carbons (Fsp3) is 0.778. The molecule has 2 aliphatic heterocycles. The largest absolute Gasteiger partial charge is 0.296 e. The molecule has 10 heavy (non-hydrogen) atoms. The van der Waals surface area contributed by atoms with Gasteiger partial charge < -0.3 is 0 Å². The molecule has 1 saturated heterocycles. The van der Waals surface area contributed by atoms with Crippen LogP contribution in [-0.2, 0) is 0 Å². The average Bonchev–Trinajstić information content (AvgIpc) is 2.05. The summed E-state index contributed by atoms with van der Waals surface area (Å²) in [6.07, 6.45) is 10.3. The Morgan fingerprint density at radius 3 is 3.10 bits per heavy atom. The van der Waals surface area contributed by atoms with Gasteiger partial charge in [0.2, 0.25) is 0 Å². The van der Waals surface area contributed by atoms with Crippen molar-refractivity contribution in [3.8, 4) is 0 Å². The van der Waals surface area contributed by atoms with Crippen LogP contribution in [-0.4, -0.2) is 24.0 Å². The van der Waals surface area contributed by atoms with Gasteiger partial charge in [-0.25, -0.2) is 0 Å². The maximum Gasteiger partial charge on any atom is 0.0166 e. The van der Waals surface area contributed by atoms with Crippen LogP contribution in [0.4, 0.5) is 0 Å². The van der Waals surface area contributed by atoms with Crippen molar-refractivity contribution in [2.45, 2.75) is 31.7 Å². The van der Waals surface area contributed by atoms with Crippen molar-refractivity contribution in [1.29, 1.82) is 0 Å². The minimum absolute atomic E-state index is 0.902. The van der Waals surface area contributed by atoms with Gasteiger partial charge in [-0.05, 0) is 25.8 Å². The van der Waals surface area contributed by atoms with Crippen LogP contribution in [0.1, 0.15) is 25.7 Å². The Morgan fingerprint density at radius 1 is 1.20 bits per heavy atom. The van der Waals surface area contributed by atoms with Gasteiger partial charge in [0.25, 0.3) is 0 Å². The van der Waals surface area contributed by atoms with Crippen molar-refractivity contribution in [2.24, 2.45) is 0 Å². The first-order chi connectivity index (χ1) is 4.97. The highest BCUT2D eigenvalue weighted by atomic mass is 15.2. The second-order valence-electron chi connectivity index (χ2n) is 3.35. The van der Waals surface area contributed by atoms with E-state index in [1.54, 1.807) is 0 Å². The number of hydrogen-bond acceptors (Lipinski definition) is 1. The Kier molecular flexibility index (Phi) is 1.76. The maximum atomic E-state index is 2.61. The van der Waals surface area contributed by atoms with Crippen molar-refractivity contribution < 1.29 is 0 Å². The van der Waals surface area contributed by atoms with Crippen LogP contribution in [0.15, 0.2) is 12.2 Å². The third-order valence-corrected chi connectivity index (χ3v) is 2.66. The lowest BCUT2D eigenvalue weighted by Crippen LogP contribution is -2.40. The van der Waals surface area contributed by atoms with Crippen molar-refractivity contribution in [3.05, 3.63) is 12.2 Å². The van der Waals surface area contributed by atoms with Crippen LogP contribution in [0.2, 0.25) is 0 Å². The van der Waals surface area contributed by atoms with Crippen LogP contribution >= 0.6 is 0 Å². The number of piperidine rings is 1. The quantitative estimate of drug-likeness (QED) is 0.460. The van der Waals surface area contributed by atoms with Crippen molar-refractivity contribution >= 4 is 0 Å². The molecule has 0 unspecified atom stereocenters. The van der Waals surface area contributed by atoms with Gasteiger partial charge >= 0.3 is 0 Å². The maximum absolute atomic E-state index is 2.61. The molecule has 56 valence electrons. The molecule has 0 radical (unpaired) electrons. The first-order valence-corrected chi connectivity index (χ1v) is 4.36. The number of fused-ring (bicyclic) bond motifs is 1. The molecule has 1 nitrogen and oxygen atoms in total. The Hall–Kier alpha value is -0.300. The summed E-state index contributed by atoms with van der Waals surface area (Å²) in [4.78, 5) is 2.61. The van der Waals surface area contributed by atoms with Gasteiger partial charge in [-0.3, -0.25) is 4.90 Å². The minimum Gasteiger partial charge on any atom is -0.296 e. The Balaban J connectivity index is 2.01. The Bertz CT molecular complexity index is 124. The van der Waals surface area contributed by atoms with Crippen LogP contribution in [0, 0.1) is 0 Å². The molecule has 1 atom stereocenters. The van der Waals surface area contributed by atoms with Crippen LogP contribution in [0.5, 0.6) is 0 Å².